The molecule has 0 radical (unpaired) electrons. The minimum absolute atomic E-state index is 0.755. The van der Waals surface area contributed by atoms with E-state index in [-0.39, 0.29) is 0 Å². The van der Waals surface area contributed by atoms with Gasteiger partial charge in [0, 0.05) is 22.6 Å². The van der Waals surface area contributed by atoms with E-state index in [4.69, 9.17) is 5.73 Å². The first kappa shape index (κ1) is 12.0. The van der Waals surface area contributed by atoms with Crippen molar-refractivity contribution in [1.82, 2.24) is 9.97 Å². The van der Waals surface area contributed by atoms with Crippen molar-refractivity contribution < 1.29 is 0 Å². The van der Waals surface area contributed by atoms with Crippen LogP contribution in [-0.4, -0.2) is 9.97 Å². The minimum Gasteiger partial charge on any atom is -0.399 e. The molecule has 0 atom stereocenters. The average Bonchev–Trinajstić information content (AvgIpc) is 2.65. The van der Waals surface area contributed by atoms with Crippen molar-refractivity contribution in [2.24, 2.45) is 0 Å². The van der Waals surface area contributed by atoms with Crippen molar-refractivity contribution in [1.29, 1.82) is 0 Å². The average molecular weight is 254 g/mol. The normalized spacial score (nSPS) is 14.5. The van der Waals surface area contributed by atoms with Crippen LogP contribution in [0.3, 0.4) is 0 Å². The van der Waals surface area contributed by atoms with Gasteiger partial charge in [0.25, 0.3) is 0 Å². The van der Waals surface area contributed by atoms with E-state index in [1.807, 2.05) is 24.3 Å². The number of nitrogen functional groups attached to an aromatic ring is 1. The highest BCUT2D eigenvalue weighted by molar-refractivity contribution is 5.63. The molecule has 0 unspecified atom stereocenters. The summed E-state index contributed by atoms with van der Waals surface area (Å²) < 4.78 is 0. The molecule has 1 aromatic carbocycles. The van der Waals surface area contributed by atoms with E-state index in [1.54, 1.807) is 6.33 Å². The first-order valence-corrected chi connectivity index (χ1v) is 6.78. The van der Waals surface area contributed by atoms with Gasteiger partial charge in [-0.05, 0) is 43.9 Å². The number of hydrogen-bond acceptors (Lipinski definition) is 4. The van der Waals surface area contributed by atoms with Gasteiger partial charge >= 0.3 is 0 Å². The van der Waals surface area contributed by atoms with Crippen LogP contribution >= 0.6 is 0 Å². The molecule has 4 nitrogen and oxygen atoms in total. The molecule has 0 saturated heterocycles. The lowest BCUT2D eigenvalue weighted by molar-refractivity contribution is 0.709. The molecule has 3 rings (SSSR count). The van der Waals surface area contributed by atoms with Crippen molar-refractivity contribution in [3.05, 3.63) is 41.9 Å². The third kappa shape index (κ3) is 2.67. The second kappa shape index (κ2) is 5.26. The maximum absolute atomic E-state index is 5.80. The molecule has 98 valence electrons. The summed E-state index contributed by atoms with van der Waals surface area (Å²) in [6.45, 7) is 0. The number of hydrogen-bond donors (Lipinski definition) is 2. The molecule has 2 aromatic rings. The fourth-order valence-electron chi connectivity index (χ4n) is 2.56. The number of rotatable bonds is 2. The number of aromatic nitrogens is 2. The van der Waals surface area contributed by atoms with Gasteiger partial charge < -0.3 is 11.1 Å². The zero-order valence-electron chi connectivity index (χ0n) is 10.9. The molecule has 1 heterocycles. The maximum atomic E-state index is 5.80. The van der Waals surface area contributed by atoms with E-state index in [2.05, 4.69) is 15.3 Å². The van der Waals surface area contributed by atoms with Gasteiger partial charge in [0.15, 0.2) is 0 Å². The summed E-state index contributed by atoms with van der Waals surface area (Å²) >= 11 is 0. The van der Waals surface area contributed by atoms with Crippen LogP contribution in [0.1, 0.15) is 30.5 Å². The lowest BCUT2D eigenvalue weighted by atomic mass is 10.1. The Morgan fingerprint density at radius 3 is 2.84 bits per heavy atom. The van der Waals surface area contributed by atoms with Crippen molar-refractivity contribution in [3.63, 3.8) is 0 Å². The smallest absolute Gasteiger partial charge is 0.137 e. The van der Waals surface area contributed by atoms with Gasteiger partial charge in [-0.3, -0.25) is 0 Å². The number of anilines is 3. The van der Waals surface area contributed by atoms with Crippen LogP contribution in [0.4, 0.5) is 17.2 Å². The van der Waals surface area contributed by atoms with Gasteiger partial charge in [0.1, 0.15) is 12.1 Å². The van der Waals surface area contributed by atoms with Crippen LogP contribution in [0.25, 0.3) is 0 Å². The highest BCUT2D eigenvalue weighted by Crippen LogP contribution is 2.26. The fourth-order valence-corrected chi connectivity index (χ4v) is 2.56. The molecule has 19 heavy (non-hydrogen) atoms. The minimum atomic E-state index is 0.755. The molecule has 4 heteroatoms. The summed E-state index contributed by atoms with van der Waals surface area (Å²) in [5, 5.41) is 3.37. The molecule has 0 aliphatic heterocycles. The Kier molecular flexibility index (Phi) is 3.31. The molecular weight excluding hydrogens is 236 g/mol. The molecule has 3 N–H and O–H groups in total. The Balaban J connectivity index is 1.93. The quantitative estimate of drug-likeness (QED) is 0.638. The Hall–Kier alpha value is -2.10. The predicted molar refractivity (Wildman–Crippen MR) is 77.4 cm³/mol. The molecule has 1 aliphatic carbocycles. The van der Waals surface area contributed by atoms with Gasteiger partial charge in [-0.2, -0.15) is 0 Å². The largest absolute Gasteiger partial charge is 0.399 e. The highest BCUT2D eigenvalue weighted by Gasteiger charge is 2.14. The van der Waals surface area contributed by atoms with Crippen LogP contribution in [0, 0.1) is 0 Å². The summed E-state index contributed by atoms with van der Waals surface area (Å²) in [5.74, 6) is 0.928. The maximum Gasteiger partial charge on any atom is 0.137 e. The van der Waals surface area contributed by atoms with Crippen LogP contribution in [0.5, 0.6) is 0 Å². The van der Waals surface area contributed by atoms with Crippen LogP contribution in [0.15, 0.2) is 30.6 Å². The van der Waals surface area contributed by atoms with Crippen LogP contribution in [-0.2, 0) is 12.8 Å². The number of nitrogens with two attached hydrogens (primary N) is 1. The van der Waals surface area contributed by atoms with Crippen molar-refractivity contribution in [3.8, 4) is 0 Å². The summed E-state index contributed by atoms with van der Waals surface area (Å²) in [5.41, 5.74) is 9.99. The van der Waals surface area contributed by atoms with Gasteiger partial charge in [0.2, 0.25) is 0 Å². The molecule has 0 fully saturated rings. The molecule has 0 spiro atoms. The summed E-state index contributed by atoms with van der Waals surface area (Å²) in [7, 11) is 0. The summed E-state index contributed by atoms with van der Waals surface area (Å²) in [6.07, 6.45) is 7.48. The van der Waals surface area contributed by atoms with Crippen molar-refractivity contribution in [2.45, 2.75) is 32.1 Å². The Bertz CT molecular complexity index is 580. The second-order valence-corrected chi connectivity index (χ2v) is 4.96. The monoisotopic (exact) mass is 254 g/mol. The molecule has 0 bridgehead atoms. The highest BCUT2D eigenvalue weighted by atomic mass is 15.0. The first-order valence-electron chi connectivity index (χ1n) is 6.78. The van der Waals surface area contributed by atoms with E-state index in [1.165, 1.54) is 30.5 Å². The molecule has 1 aromatic heterocycles. The van der Waals surface area contributed by atoms with Crippen molar-refractivity contribution >= 4 is 17.2 Å². The first-order chi connectivity index (χ1) is 9.33. The lowest BCUT2D eigenvalue weighted by Gasteiger charge is -2.12. The fraction of sp³-hybridized carbons (Fsp3) is 0.333. The van der Waals surface area contributed by atoms with Crippen LogP contribution < -0.4 is 11.1 Å². The Morgan fingerprint density at radius 2 is 1.95 bits per heavy atom. The molecule has 0 saturated carbocycles. The van der Waals surface area contributed by atoms with Gasteiger partial charge in [-0.15, -0.1) is 0 Å². The third-order valence-electron chi connectivity index (χ3n) is 3.52. The van der Waals surface area contributed by atoms with E-state index in [0.717, 1.165) is 30.0 Å². The zero-order valence-corrected chi connectivity index (χ0v) is 10.9. The standard InChI is InChI=1S/C15H18N4/c16-11-5-4-6-12(9-11)19-15-13-7-2-1-3-8-14(13)17-10-18-15/h4-6,9-10H,1-3,7-8,16H2,(H,17,18,19). The van der Waals surface area contributed by atoms with E-state index in [9.17, 15) is 0 Å². The number of fused-ring (bicyclic) bond motifs is 1. The summed E-state index contributed by atoms with van der Waals surface area (Å²) in [4.78, 5) is 8.82. The number of nitrogens with zero attached hydrogens (tertiary/aromatic N) is 2. The van der Waals surface area contributed by atoms with Gasteiger partial charge in [-0.25, -0.2) is 9.97 Å². The van der Waals surface area contributed by atoms with E-state index < -0.39 is 0 Å². The van der Waals surface area contributed by atoms with E-state index in [0.29, 0.717) is 0 Å². The number of benzene rings is 1. The van der Waals surface area contributed by atoms with Gasteiger partial charge in [-0.1, -0.05) is 12.5 Å². The topological polar surface area (TPSA) is 63.8 Å². The van der Waals surface area contributed by atoms with Crippen LogP contribution in [0.2, 0.25) is 0 Å². The Labute approximate surface area is 113 Å². The molecule has 1 aliphatic rings. The zero-order chi connectivity index (χ0) is 13.1. The number of aryl methyl sites for hydroxylation is 1. The summed E-state index contributed by atoms with van der Waals surface area (Å²) in [6, 6.07) is 7.75. The Morgan fingerprint density at radius 1 is 1.05 bits per heavy atom. The molecular formula is C15H18N4. The SMILES string of the molecule is Nc1cccc(Nc2ncnc3c2CCCCC3)c1. The lowest BCUT2D eigenvalue weighted by Crippen LogP contribution is -2.04. The second-order valence-electron chi connectivity index (χ2n) is 4.96. The molecule has 0 amide bonds. The van der Waals surface area contributed by atoms with E-state index >= 15 is 0 Å². The third-order valence-corrected chi connectivity index (χ3v) is 3.52. The number of nitrogens with one attached hydrogen (secondary N) is 1. The van der Waals surface area contributed by atoms with Gasteiger partial charge in [0.05, 0.1) is 0 Å². The predicted octanol–water partition coefficient (Wildman–Crippen LogP) is 3.07. The van der Waals surface area contributed by atoms with Crippen molar-refractivity contribution in [2.75, 3.05) is 11.1 Å².